The molecule has 10 aromatic carbocycles. The molecule has 0 amide bonds. The first kappa shape index (κ1) is 48.0. The monoisotopic (exact) mass is 1030 g/mol. The molecule has 0 N–H and O–H groups in total. The summed E-state index contributed by atoms with van der Waals surface area (Å²) in [5.74, 6) is 0. The number of fused-ring (bicyclic) bond motifs is 3. The third kappa shape index (κ3) is 8.18. The molecule has 3 aliphatic heterocycles. The fraction of sp³-hybridized carbons (Fsp3) is 0.0270. The van der Waals surface area contributed by atoms with Gasteiger partial charge in [0.25, 0.3) is 0 Å². The van der Waals surface area contributed by atoms with Gasteiger partial charge in [-0.2, -0.15) is 0 Å². The summed E-state index contributed by atoms with van der Waals surface area (Å²) in [6.45, 7) is 5.28. The van der Waals surface area contributed by atoms with E-state index in [2.05, 4.69) is 327 Å². The normalized spacial score (nSPS) is 16.2. The molecule has 0 saturated carbocycles. The highest BCUT2D eigenvalue weighted by molar-refractivity contribution is 7.21. The SMILES string of the molecule is C[Si]1(/C=C\[Si]2(/C=C/[Si]3(C)C(c4ccccc4)=C(c4ccccc4)C(c4ccccc4)=C3c3ccccc3)c3ccccc3-c3ccccc32)C(c2ccccc2)=C(c2ccccc2)C(c2ccccc2)=C1c1ccccc1. The molecule has 0 bridgehead atoms. The van der Waals surface area contributed by atoms with E-state index in [4.69, 9.17) is 0 Å². The van der Waals surface area contributed by atoms with Gasteiger partial charge in [0.15, 0.2) is 8.07 Å². The molecule has 3 aliphatic rings. The topological polar surface area (TPSA) is 0 Å². The van der Waals surface area contributed by atoms with Crippen LogP contribution < -0.4 is 10.4 Å². The fourth-order valence-corrected chi connectivity index (χ4v) is 28.6. The van der Waals surface area contributed by atoms with Crippen LogP contribution in [0.2, 0.25) is 13.1 Å². The molecular weight excluding hydrogens is 973 g/mol. The third-order valence-corrected chi connectivity index (χ3v) is 29.2. The van der Waals surface area contributed by atoms with Gasteiger partial charge in [0.2, 0.25) is 0 Å². The van der Waals surface area contributed by atoms with Crippen LogP contribution in [0.5, 0.6) is 0 Å². The van der Waals surface area contributed by atoms with Gasteiger partial charge in [0.05, 0.1) is 0 Å². The molecule has 3 heteroatoms. The van der Waals surface area contributed by atoms with Crippen LogP contribution in [0, 0.1) is 0 Å². The van der Waals surface area contributed by atoms with Crippen LogP contribution in [0.15, 0.2) is 314 Å². The molecule has 0 saturated heterocycles. The first-order valence-corrected chi connectivity index (χ1v) is 34.3. The van der Waals surface area contributed by atoms with Gasteiger partial charge < -0.3 is 0 Å². The zero-order valence-corrected chi connectivity index (χ0v) is 46.5. The highest BCUT2D eigenvalue weighted by atomic mass is 28.3. The summed E-state index contributed by atoms with van der Waals surface area (Å²) in [5.41, 5.74) is 29.4. The van der Waals surface area contributed by atoms with Crippen LogP contribution >= 0.6 is 0 Å². The highest BCUT2D eigenvalue weighted by Crippen LogP contribution is 2.58. The van der Waals surface area contributed by atoms with Crippen molar-refractivity contribution < 1.29 is 0 Å². The molecule has 366 valence electrons. The summed E-state index contributed by atoms with van der Waals surface area (Å²) in [4.78, 5) is 0. The van der Waals surface area contributed by atoms with Gasteiger partial charge in [-0.1, -0.05) is 327 Å². The standard InChI is InChI=1S/C74H58Si3/c1-75(71(59-39-19-7-20-40-59)67(55-31-11-3-12-32-55)68(56-33-13-4-14-34-56)72(75)60-41-21-8-22-42-60)51-53-77(65-49-29-27-47-63(65)64-48-28-30-50-66(64)77)54-52-76(2)73(61-43-23-9-24-44-61)69(57-35-15-5-16-36-57)70(58-37-17-6-18-38-58)74(76)62-45-25-10-26-46-62/h3-54H,1-2H3/b53-51-,54-52+. The van der Waals surface area contributed by atoms with Crippen LogP contribution in [0.3, 0.4) is 0 Å². The lowest BCUT2D eigenvalue weighted by molar-refractivity contribution is 1.58. The Morgan fingerprint density at radius 3 is 0.636 bits per heavy atom. The van der Waals surface area contributed by atoms with Gasteiger partial charge in [0.1, 0.15) is 16.1 Å². The minimum absolute atomic E-state index is 1.25. The minimum Gasteiger partial charge on any atom is -0.0929 e. The Labute approximate surface area is 457 Å². The van der Waals surface area contributed by atoms with Crippen molar-refractivity contribution in [1.29, 1.82) is 0 Å². The maximum atomic E-state index is 2.81. The molecular formula is C74H58Si3. The molecule has 0 nitrogen and oxygen atoms in total. The van der Waals surface area contributed by atoms with E-state index in [9.17, 15) is 0 Å². The number of benzene rings is 10. The molecule has 0 radical (unpaired) electrons. The molecule has 0 spiro atoms. The van der Waals surface area contributed by atoms with Crippen LogP contribution in [-0.4, -0.2) is 24.2 Å². The average molecular weight is 1030 g/mol. The largest absolute Gasteiger partial charge is 0.165 e. The molecule has 3 heterocycles. The van der Waals surface area contributed by atoms with Crippen LogP contribution in [0.1, 0.15) is 44.5 Å². The number of allylic oxidation sites excluding steroid dienone is 4. The maximum absolute atomic E-state index is 3.01. The van der Waals surface area contributed by atoms with Crippen LogP contribution in [0.25, 0.3) is 54.2 Å². The summed E-state index contributed by atoms with van der Waals surface area (Å²) < 4.78 is 0. The predicted molar refractivity (Wildman–Crippen MR) is 337 cm³/mol. The summed E-state index contributed by atoms with van der Waals surface area (Å²) in [5, 5.41) is 8.70. The Bertz CT molecular complexity index is 3520. The zero-order chi connectivity index (χ0) is 51.8. The van der Waals surface area contributed by atoms with Crippen molar-refractivity contribution in [3.63, 3.8) is 0 Å². The van der Waals surface area contributed by atoms with Crippen molar-refractivity contribution in [3.8, 4) is 11.1 Å². The predicted octanol–water partition coefficient (Wildman–Crippen LogP) is 17.3. The van der Waals surface area contributed by atoms with Gasteiger partial charge in [-0.15, -0.1) is 0 Å². The number of rotatable bonds is 12. The van der Waals surface area contributed by atoms with Gasteiger partial charge in [0, 0.05) is 0 Å². The van der Waals surface area contributed by atoms with Crippen LogP contribution in [0.4, 0.5) is 0 Å². The molecule has 10 aromatic rings. The van der Waals surface area contributed by atoms with E-state index < -0.39 is 24.2 Å². The lowest BCUT2D eigenvalue weighted by atomic mass is 9.89. The molecule has 77 heavy (non-hydrogen) atoms. The lowest BCUT2D eigenvalue weighted by Crippen LogP contribution is -2.54. The van der Waals surface area contributed by atoms with Crippen LogP contribution in [-0.2, 0) is 0 Å². The Hall–Kier alpha value is -8.71. The van der Waals surface area contributed by atoms with Crippen molar-refractivity contribution in [2.75, 3.05) is 0 Å². The van der Waals surface area contributed by atoms with Crippen molar-refractivity contribution in [2.45, 2.75) is 13.1 Å². The molecule has 0 aromatic heterocycles. The summed E-state index contributed by atoms with van der Waals surface area (Å²) >= 11 is 0. The van der Waals surface area contributed by atoms with E-state index in [1.165, 1.54) is 109 Å². The second-order valence-corrected chi connectivity index (χ2v) is 31.9. The highest BCUT2D eigenvalue weighted by Gasteiger charge is 2.50. The third-order valence-electron chi connectivity index (χ3n) is 16.5. The van der Waals surface area contributed by atoms with Gasteiger partial charge in [-0.3, -0.25) is 0 Å². The second-order valence-electron chi connectivity index (χ2n) is 21.0. The van der Waals surface area contributed by atoms with E-state index in [-0.39, 0.29) is 0 Å². The minimum atomic E-state index is -3.01. The van der Waals surface area contributed by atoms with Crippen molar-refractivity contribution in [1.82, 2.24) is 0 Å². The summed E-state index contributed by atoms with van der Waals surface area (Å²) in [7, 11) is -8.86. The summed E-state index contributed by atoms with van der Waals surface area (Å²) in [6.07, 6.45) is 0. The van der Waals surface area contributed by atoms with Crippen molar-refractivity contribution >= 4 is 77.7 Å². The zero-order valence-electron chi connectivity index (χ0n) is 43.5. The Balaban J connectivity index is 1.14. The fourth-order valence-electron chi connectivity index (χ4n) is 13.2. The van der Waals surface area contributed by atoms with E-state index in [1.807, 2.05) is 0 Å². The Kier molecular flexibility index (Phi) is 12.5. The molecule has 0 aliphatic carbocycles. The van der Waals surface area contributed by atoms with Gasteiger partial charge in [-0.25, -0.2) is 0 Å². The van der Waals surface area contributed by atoms with E-state index in [1.54, 1.807) is 0 Å². The molecule has 0 atom stereocenters. The number of hydrogen-bond donors (Lipinski definition) is 0. The second kappa shape index (κ2) is 20.1. The van der Waals surface area contributed by atoms with Crippen molar-refractivity contribution in [2.24, 2.45) is 0 Å². The molecule has 13 rings (SSSR count). The molecule has 0 unspecified atom stereocenters. The average Bonchev–Trinajstić information content (AvgIpc) is 4.30. The van der Waals surface area contributed by atoms with Gasteiger partial charge in [-0.05, 0) is 109 Å². The summed E-state index contributed by atoms with van der Waals surface area (Å²) in [6, 6.07) is 109. The quantitative estimate of drug-likeness (QED) is 0.107. The lowest BCUT2D eigenvalue weighted by Gasteiger charge is -2.32. The Morgan fingerprint density at radius 2 is 0.403 bits per heavy atom. The maximum Gasteiger partial charge on any atom is 0.165 e. The van der Waals surface area contributed by atoms with E-state index in [0.29, 0.717) is 0 Å². The Morgan fingerprint density at radius 1 is 0.208 bits per heavy atom. The molecule has 0 fully saturated rings. The van der Waals surface area contributed by atoms with Crippen molar-refractivity contribution in [3.05, 3.63) is 358 Å². The van der Waals surface area contributed by atoms with E-state index >= 15 is 0 Å². The van der Waals surface area contributed by atoms with E-state index in [0.717, 1.165) is 0 Å². The van der Waals surface area contributed by atoms with Gasteiger partial charge >= 0.3 is 0 Å². The first-order valence-electron chi connectivity index (χ1n) is 27.0. The smallest absolute Gasteiger partial charge is 0.0929 e. The first-order chi connectivity index (χ1) is 38.0. The number of hydrogen-bond acceptors (Lipinski definition) is 0.